The highest BCUT2D eigenvalue weighted by Crippen LogP contribution is 2.37. The second-order valence-electron chi connectivity index (χ2n) is 5.55. The van der Waals surface area contributed by atoms with Crippen LogP contribution in [0.1, 0.15) is 64.5 Å². The molecule has 0 heterocycles. The Balaban J connectivity index is 2.90. The predicted octanol–water partition coefficient (Wildman–Crippen LogP) is 5.79. The van der Waals surface area contributed by atoms with Crippen LogP contribution < -0.4 is 0 Å². The van der Waals surface area contributed by atoms with Crippen LogP contribution in [0.4, 0.5) is 0 Å². The fourth-order valence-corrected chi connectivity index (χ4v) is 2.79. The van der Waals surface area contributed by atoms with E-state index in [0.717, 1.165) is 0 Å². The van der Waals surface area contributed by atoms with E-state index in [2.05, 4.69) is 59.7 Å². The standard InChI is InChI=1S/C16H26S/c1-7-12(3)14-9-10-15(13(4)11-14)17-16(5,6)8-2/h9-12H,7-8H2,1-6H3. The van der Waals surface area contributed by atoms with Crippen molar-refractivity contribution in [3.8, 4) is 0 Å². The van der Waals surface area contributed by atoms with E-state index >= 15 is 0 Å². The summed E-state index contributed by atoms with van der Waals surface area (Å²) in [6, 6.07) is 6.97. The van der Waals surface area contributed by atoms with Crippen molar-refractivity contribution < 1.29 is 0 Å². The first kappa shape index (κ1) is 14.6. The fourth-order valence-electron chi connectivity index (χ4n) is 1.70. The van der Waals surface area contributed by atoms with Gasteiger partial charge in [-0.25, -0.2) is 0 Å². The molecule has 0 radical (unpaired) electrons. The summed E-state index contributed by atoms with van der Waals surface area (Å²) in [5, 5.41) is 0. The molecule has 0 aliphatic heterocycles. The number of hydrogen-bond acceptors (Lipinski definition) is 1. The normalized spacial score (nSPS) is 13.8. The van der Waals surface area contributed by atoms with Crippen molar-refractivity contribution >= 4 is 11.8 Å². The molecule has 1 heteroatoms. The van der Waals surface area contributed by atoms with Crippen molar-refractivity contribution in [2.45, 2.75) is 69.9 Å². The zero-order valence-corrected chi connectivity index (χ0v) is 12.9. The molecule has 1 rings (SSSR count). The van der Waals surface area contributed by atoms with Gasteiger partial charge in [0, 0.05) is 9.64 Å². The van der Waals surface area contributed by atoms with Gasteiger partial charge in [0.25, 0.3) is 0 Å². The molecule has 0 saturated carbocycles. The van der Waals surface area contributed by atoms with E-state index in [1.165, 1.54) is 28.9 Å². The van der Waals surface area contributed by atoms with Gasteiger partial charge in [0.2, 0.25) is 0 Å². The minimum atomic E-state index is 0.336. The first-order valence-electron chi connectivity index (χ1n) is 6.69. The Labute approximate surface area is 111 Å². The molecule has 96 valence electrons. The number of rotatable bonds is 5. The van der Waals surface area contributed by atoms with Gasteiger partial charge in [-0.2, -0.15) is 0 Å². The van der Waals surface area contributed by atoms with E-state index in [-0.39, 0.29) is 0 Å². The Morgan fingerprint density at radius 2 is 1.88 bits per heavy atom. The molecule has 0 nitrogen and oxygen atoms in total. The van der Waals surface area contributed by atoms with Gasteiger partial charge in [-0.05, 0) is 42.9 Å². The zero-order valence-electron chi connectivity index (χ0n) is 12.1. The summed E-state index contributed by atoms with van der Waals surface area (Å²) >= 11 is 2.00. The van der Waals surface area contributed by atoms with Crippen LogP contribution in [0.2, 0.25) is 0 Å². The summed E-state index contributed by atoms with van der Waals surface area (Å²) in [5.74, 6) is 0.673. The van der Waals surface area contributed by atoms with E-state index in [9.17, 15) is 0 Å². The molecule has 0 aliphatic carbocycles. The molecule has 1 aromatic rings. The van der Waals surface area contributed by atoms with Crippen molar-refractivity contribution in [2.75, 3.05) is 0 Å². The smallest absolute Gasteiger partial charge is 0.0148 e. The largest absolute Gasteiger partial charge is 0.120 e. The molecular formula is C16H26S. The van der Waals surface area contributed by atoms with Gasteiger partial charge in [0.05, 0.1) is 0 Å². The average Bonchev–Trinajstić information content (AvgIpc) is 2.30. The molecule has 1 aromatic carbocycles. The van der Waals surface area contributed by atoms with E-state index in [1.54, 1.807) is 0 Å². The summed E-state index contributed by atoms with van der Waals surface area (Å²) in [5.41, 5.74) is 2.90. The van der Waals surface area contributed by atoms with Gasteiger partial charge in [0.15, 0.2) is 0 Å². The molecule has 0 saturated heterocycles. The molecule has 0 spiro atoms. The van der Waals surface area contributed by atoms with E-state index < -0.39 is 0 Å². The fraction of sp³-hybridized carbons (Fsp3) is 0.625. The lowest BCUT2D eigenvalue weighted by molar-refractivity contribution is 0.684. The Morgan fingerprint density at radius 1 is 1.24 bits per heavy atom. The molecule has 0 fully saturated rings. The lowest BCUT2D eigenvalue weighted by Crippen LogP contribution is -2.12. The monoisotopic (exact) mass is 250 g/mol. The highest BCUT2D eigenvalue weighted by molar-refractivity contribution is 8.00. The van der Waals surface area contributed by atoms with E-state index in [0.29, 0.717) is 10.7 Å². The first-order valence-corrected chi connectivity index (χ1v) is 7.50. The third-order valence-electron chi connectivity index (χ3n) is 3.62. The highest BCUT2D eigenvalue weighted by atomic mass is 32.2. The number of thioether (sulfide) groups is 1. The molecule has 0 amide bonds. The summed E-state index contributed by atoms with van der Waals surface area (Å²) in [4.78, 5) is 1.43. The van der Waals surface area contributed by atoms with Crippen molar-refractivity contribution in [3.05, 3.63) is 29.3 Å². The van der Waals surface area contributed by atoms with Crippen LogP contribution >= 0.6 is 11.8 Å². The second-order valence-corrected chi connectivity index (χ2v) is 7.30. The lowest BCUT2D eigenvalue weighted by atomic mass is 9.97. The van der Waals surface area contributed by atoms with Crippen LogP contribution in [-0.4, -0.2) is 4.75 Å². The Kier molecular flexibility index (Phi) is 5.12. The van der Waals surface area contributed by atoms with Gasteiger partial charge in [-0.1, -0.05) is 46.8 Å². The van der Waals surface area contributed by atoms with Crippen LogP contribution in [-0.2, 0) is 0 Å². The number of aryl methyl sites for hydroxylation is 1. The summed E-state index contributed by atoms with van der Waals surface area (Å²) in [7, 11) is 0. The van der Waals surface area contributed by atoms with Crippen molar-refractivity contribution in [2.24, 2.45) is 0 Å². The third kappa shape index (κ3) is 4.06. The molecule has 1 unspecified atom stereocenters. The lowest BCUT2D eigenvalue weighted by Gasteiger charge is -2.23. The van der Waals surface area contributed by atoms with Gasteiger partial charge < -0.3 is 0 Å². The van der Waals surface area contributed by atoms with Gasteiger partial charge >= 0.3 is 0 Å². The highest BCUT2D eigenvalue weighted by Gasteiger charge is 2.18. The SMILES string of the molecule is CCC(C)c1ccc(SC(C)(C)CC)c(C)c1. The molecule has 1 atom stereocenters. The minimum Gasteiger partial charge on any atom is -0.120 e. The Hall–Kier alpha value is -0.430. The zero-order chi connectivity index (χ0) is 13.1. The van der Waals surface area contributed by atoms with Gasteiger partial charge in [-0.3, -0.25) is 0 Å². The maximum Gasteiger partial charge on any atom is 0.0148 e. The summed E-state index contributed by atoms with van der Waals surface area (Å²) in [6.45, 7) is 13.7. The quantitative estimate of drug-likeness (QED) is 0.596. The maximum atomic E-state index is 2.36. The number of hydrogen-bond donors (Lipinski definition) is 0. The third-order valence-corrected chi connectivity index (χ3v) is 5.14. The van der Waals surface area contributed by atoms with Crippen molar-refractivity contribution in [3.63, 3.8) is 0 Å². The maximum absolute atomic E-state index is 2.36. The Bertz CT molecular complexity index is 366. The van der Waals surface area contributed by atoms with Crippen LogP contribution in [0, 0.1) is 6.92 Å². The van der Waals surface area contributed by atoms with Crippen LogP contribution in [0.5, 0.6) is 0 Å². The van der Waals surface area contributed by atoms with E-state index in [4.69, 9.17) is 0 Å². The van der Waals surface area contributed by atoms with Crippen LogP contribution in [0.25, 0.3) is 0 Å². The van der Waals surface area contributed by atoms with Crippen molar-refractivity contribution in [1.29, 1.82) is 0 Å². The topological polar surface area (TPSA) is 0 Å². The second kappa shape index (κ2) is 5.95. The van der Waals surface area contributed by atoms with Crippen LogP contribution in [0.15, 0.2) is 23.1 Å². The van der Waals surface area contributed by atoms with Crippen LogP contribution in [0.3, 0.4) is 0 Å². The molecule has 0 aliphatic rings. The first-order chi connectivity index (χ1) is 7.89. The molecule has 17 heavy (non-hydrogen) atoms. The van der Waals surface area contributed by atoms with E-state index in [1.807, 2.05) is 11.8 Å². The summed E-state index contributed by atoms with van der Waals surface area (Å²) < 4.78 is 0.336. The molecule has 0 N–H and O–H groups in total. The number of benzene rings is 1. The average molecular weight is 250 g/mol. The minimum absolute atomic E-state index is 0.336. The molecule has 0 bridgehead atoms. The van der Waals surface area contributed by atoms with Gasteiger partial charge in [0.1, 0.15) is 0 Å². The van der Waals surface area contributed by atoms with Gasteiger partial charge in [-0.15, -0.1) is 11.8 Å². The predicted molar refractivity (Wildman–Crippen MR) is 80.1 cm³/mol. The summed E-state index contributed by atoms with van der Waals surface area (Å²) in [6.07, 6.45) is 2.41. The Morgan fingerprint density at radius 3 is 2.35 bits per heavy atom. The molecular weight excluding hydrogens is 224 g/mol. The van der Waals surface area contributed by atoms with Crippen molar-refractivity contribution in [1.82, 2.24) is 0 Å². The molecule has 0 aromatic heterocycles.